The zero-order valence-electron chi connectivity index (χ0n) is 26.9. The Morgan fingerprint density at radius 1 is 0.440 bits per heavy atom. The lowest BCUT2D eigenvalue weighted by atomic mass is 9.98. The highest BCUT2D eigenvalue weighted by atomic mass is 16.3. The molecule has 236 valence electrons. The van der Waals surface area contributed by atoms with Crippen LogP contribution in [-0.4, -0.2) is 11.7 Å². The van der Waals surface area contributed by atoms with Crippen molar-refractivity contribution in [2.24, 2.45) is 9.98 Å². The number of fused-ring (bicyclic) bond motifs is 6. The van der Waals surface area contributed by atoms with Crippen LogP contribution in [0, 0.1) is 0 Å². The second-order valence-electron chi connectivity index (χ2n) is 12.6. The summed E-state index contributed by atoms with van der Waals surface area (Å²) < 4.78 is 12.6. The molecule has 50 heavy (non-hydrogen) atoms. The number of benzene rings is 7. The van der Waals surface area contributed by atoms with Gasteiger partial charge in [0.25, 0.3) is 0 Å². The molecule has 1 aliphatic rings. The van der Waals surface area contributed by atoms with E-state index < -0.39 is 0 Å². The molecule has 3 heterocycles. The summed E-state index contributed by atoms with van der Waals surface area (Å²) in [5.41, 5.74) is 10.9. The Hall–Kier alpha value is -6.72. The third-order valence-electron chi connectivity index (χ3n) is 9.57. The number of hydrogen-bond acceptors (Lipinski definition) is 5. The third-order valence-corrected chi connectivity index (χ3v) is 9.57. The Morgan fingerprint density at radius 2 is 1.04 bits per heavy atom. The number of rotatable bonds is 5. The van der Waals surface area contributed by atoms with E-state index in [4.69, 9.17) is 18.8 Å². The van der Waals surface area contributed by atoms with Gasteiger partial charge in [-0.05, 0) is 64.2 Å². The number of nitrogens with zero attached hydrogens (tertiary/aromatic N) is 2. The quantitative estimate of drug-likeness (QED) is 0.203. The van der Waals surface area contributed by atoms with Crippen LogP contribution in [0.5, 0.6) is 0 Å². The van der Waals surface area contributed by atoms with Crippen LogP contribution in [-0.2, 0) is 0 Å². The average molecular weight is 644 g/mol. The normalized spacial score (nSPS) is 14.6. The predicted octanol–water partition coefficient (Wildman–Crippen LogP) is 11.3. The van der Waals surface area contributed by atoms with Crippen LogP contribution in [0.4, 0.5) is 0 Å². The van der Waals surface area contributed by atoms with Crippen LogP contribution in [0.2, 0.25) is 0 Å². The van der Waals surface area contributed by atoms with Crippen molar-refractivity contribution in [2.45, 2.75) is 6.17 Å². The summed E-state index contributed by atoms with van der Waals surface area (Å²) in [5, 5.41) is 7.80. The average Bonchev–Trinajstić information content (AvgIpc) is 3.76. The summed E-state index contributed by atoms with van der Waals surface area (Å²) in [5.74, 6) is 1.41. The molecule has 1 unspecified atom stereocenters. The van der Waals surface area contributed by atoms with Crippen LogP contribution in [0.25, 0.3) is 66.1 Å². The van der Waals surface area contributed by atoms with Gasteiger partial charge < -0.3 is 14.2 Å². The molecule has 0 saturated carbocycles. The number of aliphatic imine (C=N–C) groups is 2. The van der Waals surface area contributed by atoms with E-state index >= 15 is 0 Å². The van der Waals surface area contributed by atoms with Crippen LogP contribution in [0.3, 0.4) is 0 Å². The Bertz CT molecular complexity index is 2770. The lowest BCUT2D eigenvalue weighted by Gasteiger charge is -2.24. The summed E-state index contributed by atoms with van der Waals surface area (Å²) in [6, 6.07) is 56.4. The van der Waals surface area contributed by atoms with Crippen LogP contribution >= 0.6 is 0 Å². The minimum Gasteiger partial charge on any atom is -0.456 e. The number of hydrogen-bond donors (Lipinski definition) is 1. The standard InChI is InChI=1S/C45H29N3O2/c1-3-10-28(11-4-1)29-18-20-30(21-19-29)32-22-24-40-37(26-32)42-35(15-9-17-41(42)50-40)45-47-43(31-12-5-2-6-13-31)46-44(48-45)33-23-25-39-36(27-33)34-14-7-8-16-38(34)49-39/h1-27,44H,(H,46,47,48). The molecule has 0 fully saturated rings. The summed E-state index contributed by atoms with van der Waals surface area (Å²) in [7, 11) is 0. The fraction of sp³-hybridized carbons (Fsp3) is 0.0222. The van der Waals surface area contributed by atoms with Gasteiger partial charge in [0.1, 0.15) is 34.3 Å². The van der Waals surface area contributed by atoms with Crippen molar-refractivity contribution in [1.82, 2.24) is 5.32 Å². The van der Waals surface area contributed by atoms with E-state index in [2.05, 4.69) is 108 Å². The fourth-order valence-electron chi connectivity index (χ4n) is 7.07. The molecular weight excluding hydrogens is 615 g/mol. The van der Waals surface area contributed by atoms with Gasteiger partial charge >= 0.3 is 0 Å². The highest BCUT2D eigenvalue weighted by Crippen LogP contribution is 2.37. The van der Waals surface area contributed by atoms with Gasteiger partial charge in [-0.1, -0.05) is 127 Å². The van der Waals surface area contributed by atoms with Gasteiger partial charge in [-0.3, -0.25) is 0 Å². The monoisotopic (exact) mass is 643 g/mol. The van der Waals surface area contributed by atoms with E-state index in [-0.39, 0.29) is 6.17 Å². The van der Waals surface area contributed by atoms with Gasteiger partial charge in [0.2, 0.25) is 0 Å². The Morgan fingerprint density at radius 3 is 1.86 bits per heavy atom. The molecule has 0 saturated heterocycles. The molecular formula is C45H29N3O2. The van der Waals surface area contributed by atoms with Gasteiger partial charge in [-0.25, -0.2) is 9.98 Å². The predicted molar refractivity (Wildman–Crippen MR) is 204 cm³/mol. The van der Waals surface area contributed by atoms with E-state index in [0.717, 1.165) is 77.5 Å². The summed E-state index contributed by atoms with van der Waals surface area (Å²) in [4.78, 5) is 10.4. The maximum absolute atomic E-state index is 6.43. The molecule has 5 nitrogen and oxygen atoms in total. The van der Waals surface area contributed by atoms with Crippen molar-refractivity contribution in [2.75, 3.05) is 0 Å². The van der Waals surface area contributed by atoms with Crippen LogP contribution in [0.15, 0.2) is 183 Å². The molecule has 0 bridgehead atoms. The molecule has 5 heteroatoms. The van der Waals surface area contributed by atoms with E-state index in [9.17, 15) is 0 Å². The Balaban J connectivity index is 1.11. The largest absolute Gasteiger partial charge is 0.456 e. The molecule has 0 radical (unpaired) electrons. The molecule has 1 atom stereocenters. The van der Waals surface area contributed by atoms with E-state index in [1.54, 1.807) is 0 Å². The van der Waals surface area contributed by atoms with Gasteiger partial charge in [-0.15, -0.1) is 0 Å². The first-order chi connectivity index (χ1) is 24.7. The van der Waals surface area contributed by atoms with Crippen LogP contribution < -0.4 is 5.32 Å². The lowest BCUT2D eigenvalue weighted by molar-refractivity contribution is 0.663. The summed E-state index contributed by atoms with van der Waals surface area (Å²) in [6.07, 6.45) is -0.372. The van der Waals surface area contributed by atoms with Gasteiger partial charge in [0.15, 0.2) is 5.84 Å². The molecule has 9 aromatic rings. The molecule has 10 rings (SSSR count). The summed E-state index contributed by atoms with van der Waals surface area (Å²) in [6.45, 7) is 0. The summed E-state index contributed by atoms with van der Waals surface area (Å²) >= 11 is 0. The zero-order valence-corrected chi connectivity index (χ0v) is 26.9. The molecule has 0 spiro atoms. The maximum Gasteiger partial charge on any atom is 0.160 e. The molecule has 1 aliphatic heterocycles. The highest BCUT2D eigenvalue weighted by Gasteiger charge is 2.24. The van der Waals surface area contributed by atoms with Gasteiger partial charge in [0, 0.05) is 32.7 Å². The van der Waals surface area contributed by atoms with Gasteiger partial charge in [0.05, 0.1) is 0 Å². The molecule has 0 amide bonds. The number of nitrogens with one attached hydrogen (secondary N) is 1. The molecule has 0 aliphatic carbocycles. The van der Waals surface area contributed by atoms with Crippen molar-refractivity contribution in [1.29, 1.82) is 0 Å². The smallest absolute Gasteiger partial charge is 0.160 e. The second-order valence-corrected chi connectivity index (χ2v) is 12.6. The fourth-order valence-corrected chi connectivity index (χ4v) is 7.07. The maximum atomic E-state index is 6.43. The van der Waals surface area contributed by atoms with Crippen molar-refractivity contribution in [3.63, 3.8) is 0 Å². The number of furan rings is 2. The van der Waals surface area contributed by atoms with Crippen LogP contribution in [0.1, 0.15) is 22.9 Å². The zero-order chi connectivity index (χ0) is 33.0. The van der Waals surface area contributed by atoms with Crippen molar-refractivity contribution in [3.8, 4) is 22.3 Å². The van der Waals surface area contributed by atoms with Crippen molar-refractivity contribution in [3.05, 3.63) is 180 Å². The first-order valence-electron chi connectivity index (χ1n) is 16.8. The van der Waals surface area contributed by atoms with E-state index in [0.29, 0.717) is 5.84 Å². The second kappa shape index (κ2) is 11.5. The molecule has 7 aromatic carbocycles. The minimum absolute atomic E-state index is 0.372. The topological polar surface area (TPSA) is 63.0 Å². The molecule has 1 N–H and O–H groups in total. The SMILES string of the molecule is c1ccc(C2=NC(c3cccc4oc5ccc(-c6ccc(-c7ccccc7)cc6)cc5c34)=NC(c3ccc4oc5ccccc5c4c3)N2)cc1. The molecule has 2 aromatic heterocycles. The van der Waals surface area contributed by atoms with E-state index in [1.807, 2.05) is 60.7 Å². The first kappa shape index (κ1) is 28.3. The van der Waals surface area contributed by atoms with Gasteiger partial charge in [-0.2, -0.15) is 0 Å². The Kier molecular flexibility index (Phi) is 6.49. The number of para-hydroxylation sites is 1. The van der Waals surface area contributed by atoms with Crippen molar-refractivity contribution < 1.29 is 8.83 Å². The first-order valence-corrected chi connectivity index (χ1v) is 16.8. The van der Waals surface area contributed by atoms with Crippen molar-refractivity contribution >= 4 is 55.5 Å². The lowest BCUT2D eigenvalue weighted by Crippen LogP contribution is -2.33. The highest BCUT2D eigenvalue weighted by molar-refractivity contribution is 6.22. The Labute approximate surface area is 287 Å². The minimum atomic E-state index is -0.372. The third kappa shape index (κ3) is 4.79. The number of amidine groups is 2. The van der Waals surface area contributed by atoms with E-state index in [1.165, 1.54) is 11.1 Å².